The zero-order valence-electron chi connectivity index (χ0n) is 12.8. The quantitative estimate of drug-likeness (QED) is 0.795. The number of rotatable bonds is 5. The molecule has 4 nitrogen and oxygen atoms in total. The summed E-state index contributed by atoms with van der Waals surface area (Å²) in [6.45, 7) is 6.58. The minimum Gasteiger partial charge on any atom is -0.299 e. The molecule has 1 aliphatic heterocycles. The largest absolute Gasteiger partial charge is 0.299 e. The van der Waals surface area contributed by atoms with E-state index in [2.05, 4.69) is 27.8 Å². The van der Waals surface area contributed by atoms with E-state index in [4.69, 9.17) is 0 Å². The zero-order valence-corrected chi connectivity index (χ0v) is 15.2. The van der Waals surface area contributed by atoms with E-state index in [0.717, 1.165) is 36.0 Å². The van der Waals surface area contributed by atoms with E-state index < -0.39 is 10.0 Å². The van der Waals surface area contributed by atoms with Crippen LogP contribution in [-0.2, 0) is 10.0 Å². The third-order valence-electron chi connectivity index (χ3n) is 4.21. The smallest absolute Gasteiger partial charge is 0.243 e. The summed E-state index contributed by atoms with van der Waals surface area (Å²) >= 11 is 3.36. The number of hydrogen-bond acceptors (Lipinski definition) is 3. The van der Waals surface area contributed by atoms with Gasteiger partial charge in [0.1, 0.15) is 0 Å². The second-order valence-corrected chi connectivity index (χ2v) is 8.55. The number of sulfonamides is 1. The van der Waals surface area contributed by atoms with Gasteiger partial charge in [-0.1, -0.05) is 28.9 Å². The maximum atomic E-state index is 12.8. The number of likely N-dealkylation sites (tertiary alicyclic amines) is 1. The number of hydrogen-bond donors (Lipinski definition) is 0. The first-order chi connectivity index (χ1) is 9.86. The summed E-state index contributed by atoms with van der Waals surface area (Å²) in [5, 5.41) is 0. The molecule has 0 aliphatic carbocycles. The first kappa shape index (κ1) is 16.9. The van der Waals surface area contributed by atoms with Gasteiger partial charge in [0.25, 0.3) is 0 Å². The van der Waals surface area contributed by atoms with Gasteiger partial charge in [0.15, 0.2) is 0 Å². The summed E-state index contributed by atoms with van der Waals surface area (Å²) in [4.78, 5) is 2.75. The molecule has 0 bridgehead atoms. The Hall–Kier alpha value is -0.430. The van der Waals surface area contributed by atoms with E-state index in [0.29, 0.717) is 17.5 Å². The molecule has 0 amide bonds. The summed E-state index contributed by atoms with van der Waals surface area (Å²) in [5.74, 6) is 0. The summed E-state index contributed by atoms with van der Waals surface area (Å²) in [6.07, 6.45) is 2.23. The molecule has 1 atom stereocenters. The summed E-state index contributed by atoms with van der Waals surface area (Å²) in [5.41, 5.74) is 0.781. The summed E-state index contributed by atoms with van der Waals surface area (Å²) < 4.78 is 27.8. The fourth-order valence-electron chi connectivity index (χ4n) is 2.93. The predicted octanol–water partition coefficient (Wildman–Crippen LogP) is 2.86. The highest BCUT2D eigenvalue weighted by atomic mass is 79.9. The molecule has 1 unspecified atom stereocenters. The van der Waals surface area contributed by atoms with Crippen molar-refractivity contribution in [3.8, 4) is 0 Å². The second-order valence-electron chi connectivity index (χ2n) is 5.62. The standard InChI is InChI=1S/C15H23BrN2O2S/c1-4-18-9-5-6-14(18)11-17(3)21(19,20)15-10-13(16)8-7-12(15)2/h7-8,10,14H,4-6,9,11H2,1-3H3. The highest BCUT2D eigenvalue weighted by molar-refractivity contribution is 9.10. The molecular formula is C15H23BrN2O2S. The third kappa shape index (κ3) is 3.67. The van der Waals surface area contributed by atoms with Gasteiger partial charge in [-0.3, -0.25) is 4.90 Å². The van der Waals surface area contributed by atoms with Crippen LogP contribution in [0.1, 0.15) is 25.3 Å². The maximum absolute atomic E-state index is 12.8. The van der Waals surface area contributed by atoms with E-state index in [9.17, 15) is 8.42 Å². The molecule has 1 heterocycles. The van der Waals surface area contributed by atoms with E-state index in [1.807, 2.05) is 19.1 Å². The Kier molecular flexibility index (Phi) is 5.46. The van der Waals surface area contributed by atoms with Crippen molar-refractivity contribution >= 4 is 26.0 Å². The van der Waals surface area contributed by atoms with Gasteiger partial charge >= 0.3 is 0 Å². The van der Waals surface area contributed by atoms with E-state index in [1.165, 1.54) is 4.31 Å². The fraction of sp³-hybridized carbons (Fsp3) is 0.600. The molecule has 0 N–H and O–H groups in total. The van der Waals surface area contributed by atoms with E-state index in [-0.39, 0.29) is 0 Å². The van der Waals surface area contributed by atoms with Crippen LogP contribution in [-0.4, -0.2) is 50.3 Å². The molecule has 1 aliphatic rings. The van der Waals surface area contributed by atoms with Crippen LogP contribution in [0, 0.1) is 6.92 Å². The summed E-state index contributed by atoms with van der Waals surface area (Å²) in [6, 6.07) is 5.72. The maximum Gasteiger partial charge on any atom is 0.243 e. The van der Waals surface area contributed by atoms with Crippen molar-refractivity contribution in [3.63, 3.8) is 0 Å². The van der Waals surface area contributed by atoms with Crippen molar-refractivity contribution < 1.29 is 8.42 Å². The Morgan fingerprint density at radius 1 is 1.43 bits per heavy atom. The molecule has 1 aromatic rings. The van der Waals surface area contributed by atoms with Gasteiger partial charge in [0.2, 0.25) is 10.0 Å². The van der Waals surface area contributed by atoms with Crippen LogP contribution < -0.4 is 0 Å². The lowest BCUT2D eigenvalue weighted by atomic mass is 10.2. The molecule has 1 saturated heterocycles. The van der Waals surface area contributed by atoms with Gasteiger partial charge in [0.05, 0.1) is 4.90 Å². The van der Waals surface area contributed by atoms with Gasteiger partial charge in [-0.2, -0.15) is 4.31 Å². The van der Waals surface area contributed by atoms with Crippen LogP contribution >= 0.6 is 15.9 Å². The van der Waals surface area contributed by atoms with Crippen LogP contribution in [0.5, 0.6) is 0 Å². The van der Waals surface area contributed by atoms with Crippen molar-refractivity contribution in [1.29, 1.82) is 0 Å². The topological polar surface area (TPSA) is 40.6 Å². The average Bonchev–Trinajstić information content (AvgIpc) is 2.88. The number of nitrogens with zero attached hydrogens (tertiary/aromatic N) is 2. The molecule has 6 heteroatoms. The predicted molar refractivity (Wildman–Crippen MR) is 89.0 cm³/mol. The lowest BCUT2D eigenvalue weighted by Crippen LogP contribution is -2.41. The van der Waals surface area contributed by atoms with Gasteiger partial charge in [-0.15, -0.1) is 0 Å². The molecule has 0 saturated carbocycles. The molecule has 0 spiro atoms. The Morgan fingerprint density at radius 3 is 2.81 bits per heavy atom. The van der Waals surface area contributed by atoms with Gasteiger partial charge in [-0.25, -0.2) is 8.42 Å². The molecule has 1 fully saturated rings. The Morgan fingerprint density at radius 2 is 2.14 bits per heavy atom. The van der Waals surface area contributed by atoms with Crippen LogP contribution in [0.3, 0.4) is 0 Å². The van der Waals surface area contributed by atoms with Gasteiger partial charge in [-0.05, 0) is 50.6 Å². The van der Waals surface area contributed by atoms with Crippen molar-refractivity contribution in [2.75, 3.05) is 26.7 Å². The molecule has 0 aromatic heterocycles. The monoisotopic (exact) mass is 374 g/mol. The fourth-order valence-corrected chi connectivity index (χ4v) is 4.90. The Bertz CT molecular complexity index is 604. The van der Waals surface area contributed by atoms with Crippen LogP contribution in [0.4, 0.5) is 0 Å². The first-order valence-electron chi connectivity index (χ1n) is 7.32. The van der Waals surface area contributed by atoms with E-state index in [1.54, 1.807) is 13.1 Å². The molecule has 21 heavy (non-hydrogen) atoms. The van der Waals surface area contributed by atoms with Crippen LogP contribution in [0.2, 0.25) is 0 Å². The van der Waals surface area contributed by atoms with Crippen molar-refractivity contribution in [3.05, 3.63) is 28.2 Å². The number of likely N-dealkylation sites (N-methyl/N-ethyl adjacent to an activating group) is 2. The van der Waals surface area contributed by atoms with Gasteiger partial charge < -0.3 is 0 Å². The molecule has 2 rings (SSSR count). The van der Waals surface area contributed by atoms with E-state index >= 15 is 0 Å². The third-order valence-corrected chi connectivity index (χ3v) is 6.67. The molecule has 1 aromatic carbocycles. The highest BCUT2D eigenvalue weighted by Gasteiger charge is 2.29. The number of benzene rings is 1. The SMILES string of the molecule is CCN1CCCC1CN(C)S(=O)(=O)c1cc(Br)ccc1C. The Balaban J connectivity index is 2.20. The van der Waals surface area contributed by atoms with Crippen molar-refractivity contribution in [1.82, 2.24) is 9.21 Å². The summed E-state index contributed by atoms with van der Waals surface area (Å²) in [7, 11) is -1.75. The average molecular weight is 375 g/mol. The number of aryl methyl sites for hydroxylation is 1. The number of halogens is 1. The van der Waals surface area contributed by atoms with Gasteiger partial charge in [0, 0.05) is 24.1 Å². The lowest BCUT2D eigenvalue weighted by molar-refractivity contribution is 0.237. The highest BCUT2D eigenvalue weighted by Crippen LogP contribution is 2.25. The zero-order chi connectivity index (χ0) is 15.6. The van der Waals surface area contributed by atoms with Crippen LogP contribution in [0.25, 0.3) is 0 Å². The molecular weight excluding hydrogens is 352 g/mol. The molecule has 0 radical (unpaired) electrons. The lowest BCUT2D eigenvalue weighted by Gasteiger charge is -2.27. The van der Waals surface area contributed by atoms with Crippen molar-refractivity contribution in [2.24, 2.45) is 0 Å². The van der Waals surface area contributed by atoms with Crippen molar-refractivity contribution in [2.45, 2.75) is 37.6 Å². The minimum atomic E-state index is -3.43. The normalized spacial score (nSPS) is 20.3. The molecule has 118 valence electrons. The minimum absolute atomic E-state index is 0.335. The van der Waals surface area contributed by atoms with Crippen LogP contribution in [0.15, 0.2) is 27.6 Å². The second kappa shape index (κ2) is 6.77. The Labute approximate surface area is 136 Å². The first-order valence-corrected chi connectivity index (χ1v) is 9.56.